The summed E-state index contributed by atoms with van der Waals surface area (Å²) >= 11 is 0. The molecule has 74 valence electrons. The van der Waals surface area contributed by atoms with Gasteiger partial charge in [-0.25, -0.2) is 0 Å². The maximum atomic E-state index is 10.7. The zero-order valence-electron chi connectivity index (χ0n) is 8.49. The third kappa shape index (κ3) is 2.57. The molecule has 0 heterocycles. The van der Waals surface area contributed by atoms with Crippen LogP contribution in [0.15, 0.2) is 36.5 Å². The quantitative estimate of drug-likeness (QED) is 0.559. The minimum absolute atomic E-state index is 0.593. The Hall–Kier alpha value is -1.35. The van der Waals surface area contributed by atoms with Gasteiger partial charge >= 0.3 is 0 Å². The largest absolute Gasteiger partial charge is 0.540 e. The third-order valence-corrected chi connectivity index (χ3v) is 3.64. The summed E-state index contributed by atoms with van der Waals surface area (Å²) in [6.07, 6.45) is 0.808. The maximum Gasteiger partial charge on any atom is 0.269 e. The van der Waals surface area contributed by atoms with Gasteiger partial charge in [0.2, 0.25) is 0 Å². The van der Waals surface area contributed by atoms with E-state index >= 15 is 0 Å². The lowest BCUT2D eigenvalue weighted by Gasteiger charge is -2.20. The second-order valence-electron chi connectivity index (χ2n) is 3.57. The maximum absolute atomic E-state index is 10.7. The van der Waals surface area contributed by atoms with Crippen molar-refractivity contribution in [1.29, 1.82) is 0 Å². The number of carbonyl (C=O) groups excluding carboxylic acids is 1. The number of rotatable bonds is 4. The van der Waals surface area contributed by atoms with Gasteiger partial charge in [0.15, 0.2) is 6.29 Å². The number of hydrogen-bond acceptors (Lipinski definition) is 2. The molecule has 0 bridgehead atoms. The first kappa shape index (κ1) is 10.7. The predicted octanol–water partition coefficient (Wildman–Crippen LogP) is 2.81. The molecule has 1 rings (SSSR count). The van der Waals surface area contributed by atoms with E-state index in [-0.39, 0.29) is 0 Å². The van der Waals surface area contributed by atoms with E-state index in [1.165, 1.54) is 0 Å². The fourth-order valence-electron chi connectivity index (χ4n) is 0.996. The number of aldehydes is 1. The molecule has 1 aromatic carbocycles. The van der Waals surface area contributed by atoms with Crippen molar-refractivity contribution in [3.63, 3.8) is 0 Å². The molecule has 0 radical (unpaired) electrons. The first-order chi connectivity index (χ1) is 6.59. The summed E-state index contributed by atoms with van der Waals surface area (Å²) in [5, 5.41) is 0. The van der Waals surface area contributed by atoms with E-state index in [2.05, 4.69) is 6.58 Å². The molecule has 2 nitrogen and oxygen atoms in total. The van der Waals surface area contributed by atoms with Crippen molar-refractivity contribution in [3.05, 3.63) is 42.1 Å². The van der Waals surface area contributed by atoms with Gasteiger partial charge in [0.1, 0.15) is 5.75 Å². The van der Waals surface area contributed by atoms with E-state index in [1.54, 1.807) is 6.07 Å². The number of benzene rings is 1. The Kier molecular flexibility index (Phi) is 3.25. The molecule has 14 heavy (non-hydrogen) atoms. The van der Waals surface area contributed by atoms with Crippen molar-refractivity contribution in [2.75, 3.05) is 0 Å². The summed E-state index contributed by atoms with van der Waals surface area (Å²) < 4.78 is 5.76. The SMILES string of the molecule is C=C[Si](C)(C)Oc1ccccc1C=O. The minimum atomic E-state index is -1.86. The highest BCUT2D eigenvalue weighted by molar-refractivity contribution is 6.76. The first-order valence-corrected chi connectivity index (χ1v) is 7.44. The van der Waals surface area contributed by atoms with Crippen LogP contribution in [0.1, 0.15) is 10.4 Å². The van der Waals surface area contributed by atoms with Gasteiger partial charge in [-0.3, -0.25) is 4.79 Å². The van der Waals surface area contributed by atoms with Crippen LogP contribution in [0, 0.1) is 0 Å². The molecular weight excluding hydrogens is 192 g/mol. The second-order valence-corrected chi connectivity index (χ2v) is 7.38. The molecule has 0 saturated carbocycles. The van der Waals surface area contributed by atoms with Gasteiger partial charge in [0.05, 0.1) is 5.56 Å². The molecule has 0 atom stereocenters. The Labute approximate surface area is 85.3 Å². The first-order valence-electron chi connectivity index (χ1n) is 4.46. The molecule has 0 aliphatic heterocycles. The van der Waals surface area contributed by atoms with Gasteiger partial charge in [-0.1, -0.05) is 17.8 Å². The van der Waals surface area contributed by atoms with E-state index in [0.29, 0.717) is 11.3 Å². The van der Waals surface area contributed by atoms with Crippen LogP contribution < -0.4 is 4.43 Å². The van der Waals surface area contributed by atoms with Crippen molar-refractivity contribution >= 4 is 14.6 Å². The minimum Gasteiger partial charge on any atom is -0.540 e. The van der Waals surface area contributed by atoms with Crippen LogP contribution in [0.25, 0.3) is 0 Å². The molecular formula is C11H14O2Si. The fraction of sp³-hybridized carbons (Fsp3) is 0.182. The third-order valence-electron chi connectivity index (χ3n) is 1.91. The molecule has 0 spiro atoms. The van der Waals surface area contributed by atoms with Crippen molar-refractivity contribution in [2.24, 2.45) is 0 Å². The molecule has 0 unspecified atom stereocenters. The molecule has 0 aliphatic carbocycles. The summed E-state index contributed by atoms with van der Waals surface area (Å²) in [5.74, 6) is 0.652. The van der Waals surface area contributed by atoms with E-state index in [1.807, 2.05) is 37.0 Å². The lowest BCUT2D eigenvalue weighted by atomic mass is 10.2. The van der Waals surface area contributed by atoms with E-state index in [0.717, 1.165) is 6.29 Å². The summed E-state index contributed by atoms with van der Waals surface area (Å²) in [6, 6.07) is 7.23. The lowest BCUT2D eigenvalue weighted by molar-refractivity contribution is 0.112. The van der Waals surface area contributed by atoms with Gasteiger partial charge in [-0.15, -0.1) is 6.58 Å². The number of para-hydroxylation sites is 1. The second kappa shape index (κ2) is 4.24. The monoisotopic (exact) mass is 206 g/mol. The summed E-state index contributed by atoms with van der Waals surface area (Å²) in [7, 11) is -1.86. The molecule has 0 aromatic heterocycles. The average molecular weight is 206 g/mol. The lowest BCUT2D eigenvalue weighted by Crippen LogP contribution is -2.31. The van der Waals surface area contributed by atoms with Crippen LogP contribution in [-0.4, -0.2) is 14.6 Å². The number of hydrogen-bond donors (Lipinski definition) is 0. The zero-order chi connectivity index (χ0) is 10.6. The van der Waals surface area contributed by atoms with Crippen LogP contribution in [0.5, 0.6) is 5.75 Å². The molecule has 1 aromatic rings. The van der Waals surface area contributed by atoms with Crippen LogP contribution in [-0.2, 0) is 0 Å². The van der Waals surface area contributed by atoms with E-state index in [9.17, 15) is 4.79 Å². The smallest absolute Gasteiger partial charge is 0.269 e. The average Bonchev–Trinajstić information content (AvgIpc) is 2.18. The molecule has 0 amide bonds. The molecule has 0 saturated heterocycles. The highest BCUT2D eigenvalue weighted by Gasteiger charge is 2.20. The van der Waals surface area contributed by atoms with Gasteiger partial charge in [-0.2, -0.15) is 0 Å². The van der Waals surface area contributed by atoms with Gasteiger partial charge < -0.3 is 4.43 Å². The van der Waals surface area contributed by atoms with Gasteiger partial charge in [0.25, 0.3) is 8.32 Å². The number of carbonyl (C=O) groups is 1. The van der Waals surface area contributed by atoms with E-state index in [4.69, 9.17) is 4.43 Å². The highest BCUT2D eigenvalue weighted by atomic mass is 28.4. The van der Waals surface area contributed by atoms with Crippen molar-refractivity contribution in [2.45, 2.75) is 13.1 Å². The van der Waals surface area contributed by atoms with E-state index < -0.39 is 8.32 Å². The summed E-state index contributed by atoms with van der Waals surface area (Å²) in [4.78, 5) is 10.7. The summed E-state index contributed by atoms with van der Waals surface area (Å²) in [5.41, 5.74) is 2.43. The predicted molar refractivity (Wildman–Crippen MR) is 60.1 cm³/mol. The van der Waals surface area contributed by atoms with Crippen LogP contribution in [0.3, 0.4) is 0 Å². The Bertz CT molecular complexity index is 345. The van der Waals surface area contributed by atoms with Crippen LogP contribution in [0.4, 0.5) is 0 Å². The topological polar surface area (TPSA) is 26.3 Å². The Morgan fingerprint density at radius 1 is 1.36 bits per heavy atom. The standard InChI is InChI=1S/C11H14O2Si/c1-4-14(2,3)13-11-8-6-5-7-10(11)9-12/h4-9H,1H2,2-3H3. The Balaban J connectivity index is 2.96. The van der Waals surface area contributed by atoms with Crippen molar-refractivity contribution < 1.29 is 9.22 Å². The molecule has 0 fully saturated rings. The summed E-state index contributed by atoms with van der Waals surface area (Å²) in [6.45, 7) is 7.79. The molecule has 3 heteroatoms. The van der Waals surface area contributed by atoms with Crippen LogP contribution in [0.2, 0.25) is 13.1 Å². The van der Waals surface area contributed by atoms with Crippen molar-refractivity contribution in [1.82, 2.24) is 0 Å². The van der Waals surface area contributed by atoms with Gasteiger partial charge in [-0.05, 0) is 25.2 Å². The van der Waals surface area contributed by atoms with Crippen LogP contribution >= 0.6 is 0 Å². The highest BCUT2D eigenvalue weighted by Crippen LogP contribution is 2.20. The van der Waals surface area contributed by atoms with Crippen molar-refractivity contribution in [3.8, 4) is 5.75 Å². The Morgan fingerprint density at radius 3 is 2.57 bits per heavy atom. The normalized spacial score (nSPS) is 10.7. The Morgan fingerprint density at radius 2 is 2.00 bits per heavy atom. The molecule has 0 aliphatic rings. The zero-order valence-corrected chi connectivity index (χ0v) is 9.49. The fourth-order valence-corrected chi connectivity index (χ4v) is 1.83. The molecule has 0 N–H and O–H groups in total. The van der Waals surface area contributed by atoms with Gasteiger partial charge in [0, 0.05) is 0 Å².